The van der Waals surface area contributed by atoms with Crippen molar-refractivity contribution in [2.75, 3.05) is 26.8 Å². The number of Topliss-reactive ketones (excluding diaryl/α,β-unsaturated/α-hetero) is 1. The van der Waals surface area contributed by atoms with Crippen LogP contribution in [0, 0.1) is 11.3 Å². The molecular formula is C23H36N2O4. The van der Waals surface area contributed by atoms with Gasteiger partial charge in [0.15, 0.2) is 11.5 Å². The number of hydrogen-bond donors (Lipinski definition) is 2. The highest BCUT2D eigenvalue weighted by Crippen LogP contribution is 2.46. The number of nitrogens with zero attached hydrogens (tertiary/aromatic N) is 1. The van der Waals surface area contributed by atoms with Crippen LogP contribution in [0.3, 0.4) is 0 Å². The van der Waals surface area contributed by atoms with E-state index in [1.165, 1.54) is 12.8 Å². The molecule has 4 atom stereocenters. The lowest BCUT2D eigenvalue weighted by Crippen LogP contribution is -2.47. The third-order valence-electron chi connectivity index (χ3n) is 6.68. The standard InChI is InChI=1S/C23H36N2O4/c1-6-20(15(2)26)24-25-12-19(23(4,14-25)16(3)27)18-9-10-21(28-5)22(11-18)29-13-17-7-8-17/h9-11,16-17,19-20,24,27H,6-8,12-14H2,1-5H3. The fourth-order valence-corrected chi connectivity index (χ4v) is 4.23. The zero-order chi connectivity index (χ0) is 21.2. The third-order valence-corrected chi connectivity index (χ3v) is 6.68. The molecule has 0 bridgehead atoms. The molecule has 0 amide bonds. The number of rotatable bonds is 10. The van der Waals surface area contributed by atoms with Crippen LogP contribution in [0.2, 0.25) is 0 Å². The maximum absolute atomic E-state index is 11.9. The Morgan fingerprint density at radius 1 is 1.38 bits per heavy atom. The molecule has 1 heterocycles. The van der Waals surface area contributed by atoms with Crippen molar-refractivity contribution >= 4 is 5.78 Å². The van der Waals surface area contributed by atoms with Gasteiger partial charge >= 0.3 is 0 Å². The Bertz CT molecular complexity index is 719. The van der Waals surface area contributed by atoms with Crippen LogP contribution < -0.4 is 14.9 Å². The Hall–Kier alpha value is -1.63. The van der Waals surface area contributed by atoms with E-state index in [-0.39, 0.29) is 23.2 Å². The molecule has 1 aromatic rings. The van der Waals surface area contributed by atoms with Crippen LogP contribution in [0.5, 0.6) is 11.5 Å². The lowest BCUT2D eigenvalue weighted by atomic mass is 9.72. The van der Waals surface area contributed by atoms with E-state index in [1.54, 1.807) is 14.0 Å². The molecule has 2 fully saturated rings. The van der Waals surface area contributed by atoms with E-state index in [0.717, 1.165) is 36.6 Å². The summed E-state index contributed by atoms with van der Waals surface area (Å²) >= 11 is 0. The number of carbonyl (C=O) groups is 1. The van der Waals surface area contributed by atoms with Crippen LogP contribution in [0.25, 0.3) is 0 Å². The summed E-state index contributed by atoms with van der Waals surface area (Å²) < 4.78 is 11.6. The van der Waals surface area contributed by atoms with Gasteiger partial charge < -0.3 is 14.6 Å². The number of hydrazine groups is 1. The van der Waals surface area contributed by atoms with Crippen molar-refractivity contribution in [1.82, 2.24) is 10.4 Å². The van der Waals surface area contributed by atoms with Gasteiger partial charge in [-0.1, -0.05) is 19.9 Å². The molecule has 0 spiro atoms. The van der Waals surface area contributed by atoms with Crippen molar-refractivity contribution in [3.8, 4) is 11.5 Å². The van der Waals surface area contributed by atoms with E-state index in [1.807, 2.05) is 19.9 Å². The van der Waals surface area contributed by atoms with Gasteiger partial charge in [0, 0.05) is 24.4 Å². The largest absolute Gasteiger partial charge is 0.493 e. The fourth-order valence-electron chi connectivity index (χ4n) is 4.23. The topological polar surface area (TPSA) is 71.0 Å². The van der Waals surface area contributed by atoms with E-state index in [2.05, 4.69) is 29.5 Å². The summed E-state index contributed by atoms with van der Waals surface area (Å²) in [5.41, 5.74) is 4.16. The molecule has 2 N–H and O–H groups in total. The molecule has 1 saturated carbocycles. The smallest absolute Gasteiger partial charge is 0.161 e. The van der Waals surface area contributed by atoms with Gasteiger partial charge in [-0.25, -0.2) is 10.4 Å². The van der Waals surface area contributed by atoms with Gasteiger partial charge in [0.05, 0.1) is 25.9 Å². The Kier molecular flexibility index (Phi) is 6.87. The average Bonchev–Trinajstić information content (AvgIpc) is 3.45. The number of hydrogen-bond acceptors (Lipinski definition) is 6. The number of benzene rings is 1. The van der Waals surface area contributed by atoms with Crippen molar-refractivity contribution in [2.45, 2.75) is 65.0 Å². The second kappa shape index (κ2) is 9.02. The number of methoxy groups -OCH3 is 1. The predicted molar refractivity (Wildman–Crippen MR) is 113 cm³/mol. The second-order valence-corrected chi connectivity index (χ2v) is 8.98. The van der Waals surface area contributed by atoms with Gasteiger partial charge in [-0.05, 0) is 56.7 Å². The molecule has 0 aromatic heterocycles. The molecule has 1 aliphatic heterocycles. The van der Waals surface area contributed by atoms with Gasteiger partial charge in [0.2, 0.25) is 0 Å². The molecule has 6 heteroatoms. The van der Waals surface area contributed by atoms with E-state index in [0.29, 0.717) is 12.5 Å². The highest BCUT2D eigenvalue weighted by atomic mass is 16.5. The molecule has 3 rings (SSSR count). The molecule has 162 valence electrons. The lowest BCUT2D eigenvalue weighted by molar-refractivity contribution is -0.120. The third kappa shape index (κ3) is 4.93. The van der Waals surface area contributed by atoms with E-state index in [4.69, 9.17) is 9.47 Å². The van der Waals surface area contributed by atoms with Crippen molar-refractivity contribution in [3.05, 3.63) is 23.8 Å². The lowest BCUT2D eigenvalue weighted by Gasteiger charge is -2.34. The highest BCUT2D eigenvalue weighted by molar-refractivity contribution is 5.81. The van der Waals surface area contributed by atoms with Gasteiger partial charge in [-0.15, -0.1) is 0 Å². The number of aliphatic hydroxyl groups excluding tert-OH is 1. The average molecular weight is 405 g/mol. The van der Waals surface area contributed by atoms with Crippen molar-refractivity contribution in [1.29, 1.82) is 0 Å². The summed E-state index contributed by atoms with van der Waals surface area (Å²) in [5.74, 6) is 2.41. The van der Waals surface area contributed by atoms with Crippen molar-refractivity contribution in [3.63, 3.8) is 0 Å². The Morgan fingerprint density at radius 2 is 2.10 bits per heavy atom. The zero-order valence-electron chi connectivity index (χ0n) is 18.4. The fraction of sp³-hybridized carbons (Fsp3) is 0.696. The number of nitrogens with one attached hydrogen (secondary N) is 1. The minimum atomic E-state index is -0.491. The first kappa shape index (κ1) is 22.1. The first-order valence-electron chi connectivity index (χ1n) is 10.8. The van der Waals surface area contributed by atoms with E-state index in [9.17, 15) is 9.90 Å². The number of aliphatic hydroxyl groups is 1. The minimum absolute atomic E-state index is 0.105. The zero-order valence-corrected chi connectivity index (χ0v) is 18.4. The van der Waals surface area contributed by atoms with Gasteiger partial charge in [0.1, 0.15) is 5.78 Å². The molecule has 1 aliphatic carbocycles. The normalized spacial score (nSPS) is 26.9. The predicted octanol–water partition coefficient (Wildman–Crippen LogP) is 3.14. The summed E-state index contributed by atoms with van der Waals surface area (Å²) in [7, 11) is 1.66. The van der Waals surface area contributed by atoms with Crippen molar-refractivity contribution in [2.24, 2.45) is 11.3 Å². The Balaban J connectivity index is 1.84. The summed E-state index contributed by atoms with van der Waals surface area (Å²) in [5, 5.41) is 12.7. The molecule has 6 nitrogen and oxygen atoms in total. The van der Waals surface area contributed by atoms with E-state index < -0.39 is 6.10 Å². The van der Waals surface area contributed by atoms with Gasteiger partial charge in [-0.3, -0.25) is 4.79 Å². The van der Waals surface area contributed by atoms with Crippen molar-refractivity contribution < 1.29 is 19.4 Å². The molecule has 0 radical (unpaired) electrons. The maximum atomic E-state index is 11.9. The SMILES string of the molecule is CCC(NN1CC(c2ccc(OC)c(OCC3CC3)c2)C(C)(C(C)O)C1)C(C)=O. The monoisotopic (exact) mass is 404 g/mol. The van der Waals surface area contributed by atoms with Gasteiger partial charge in [-0.2, -0.15) is 0 Å². The summed E-state index contributed by atoms with van der Waals surface area (Å²) in [6, 6.07) is 5.90. The number of ether oxygens (including phenoxy) is 2. The second-order valence-electron chi connectivity index (χ2n) is 8.98. The van der Waals surface area contributed by atoms with Crippen LogP contribution in [0.1, 0.15) is 58.4 Å². The molecular weight excluding hydrogens is 368 g/mol. The summed E-state index contributed by atoms with van der Waals surface area (Å²) in [6.07, 6.45) is 2.72. The Labute approximate surface area is 174 Å². The summed E-state index contributed by atoms with van der Waals surface area (Å²) in [4.78, 5) is 11.9. The van der Waals surface area contributed by atoms with Crippen LogP contribution in [-0.4, -0.2) is 54.9 Å². The number of ketones is 1. The first-order chi connectivity index (χ1) is 13.8. The molecule has 29 heavy (non-hydrogen) atoms. The summed E-state index contributed by atoms with van der Waals surface area (Å²) in [6.45, 7) is 9.72. The van der Waals surface area contributed by atoms with Crippen LogP contribution in [-0.2, 0) is 4.79 Å². The molecule has 1 aromatic carbocycles. The Morgan fingerprint density at radius 3 is 2.66 bits per heavy atom. The molecule has 1 saturated heterocycles. The quantitative estimate of drug-likeness (QED) is 0.624. The minimum Gasteiger partial charge on any atom is -0.493 e. The van der Waals surface area contributed by atoms with Gasteiger partial charge in [0.25, 0.3) is 0 Å². The van der Waals surface area contributed by atoms with Crippen LogP contribution in [0.15, 0.2) is 18.2 Å². The van der Waals surface area contributed by atoms with Crippen LogP contribution in [0.4, 0.5) is 0 Å². The maximum Gasteiger partial charge on any atom is 0.161 e. The molecule has 2 aliphatic rings. The highest BCUT2D eigenvalue weighted by Gasteiger charge is 2.47. The molecule has 4 unspecified atom stereocenters. The first-order valence-corrected chi connectivity index (χ1v) is 10.8. The number of carbonyl (C=O) groups excluding carboxylic acids is 1. The van der Waals surface area contributed by atoms with E-state index >= 15 is 0 Å². The van der Waals surface area contributed by atoms with Crippen LogP contribution >= 0.6 is 0 Å².